The molecular weight excluding hydrogens is 224 g/mol. The van der Waals surface area contributed by atoms with Crippen molar-refractivity contribution < 1.29 is 13.6 Å². The lowest BCUT2D eigenvalue weighted by molar-refractivity contribution is -0.131. The highest BCUT2D eigenvalue weighted by atomic mass is 19.1. The number of benzene rings is 1. The first kappa shape index (κ1) is 12.0. The summed E-state index contributed by atoms with van der Waals surface area (Å²) in [5.41, 5.74) is -0.122. The van der Waals surface area contributed by atoms with Crippen molar-refractivity contribution in [2.75, 3.05) is 13.1 Å². The van der Waals surface area contributed by atoms with Crippen molar-refractivity contribution in [2.45, 2.75) is 25.7 Å². The lowest BCUT2D eigenvalue weighted by atomic mass is 10.1. The van der Waals surface area contributed by atoms with Gasteiger partial charge in [-0.2, -0.15) is 0 Å². The van der Waals surface area contributed by atoms with Crippen molar-refractivity contribution >= 4 is 5.91 Å². The molecule has 0 N–H and O–H groups in total. The Kier molecular flexibility index (Phi) is 3.71. The molecular formula is C13H15F2NO. The molecule has 1 heterocycles. The smallest absolute Gasteiger partial charge is 0.227 e. The molecule has 0 aliphatic carbocycles. The van der Waals surface area contributed by atoms with Crippen LogP contribution in [-0.4, -0.2) is 23.9 Å². The summed E-state index contributed by atoms with van der Waals surface area (Å²) in [7, 11) is 0. The van der Waals surface area contributed by atoms with Crippen molar-refractivity contribution in [1.82, 2.24) is 4.90 Å². The van der Waals surface area contributed by atoms with E-state index in [1.165, 1.54) is 18.2 Å². The van der Waals surface area contributed by atoms with Gasteiger partial charge in [-0.1, -0.05) is 6.07 Å². The van der Waals surface area contributed by atoms with Crippen molar-refractivity contribution in [3.8, 4) is 0 Å². The largest absolute Gasteiger partial charge is 0.342 e. The van der Waals surface area contributed by atoms with Crippen LogP contribution in [-0.2, 0) is 11.2 Å². The number of piperidine rings is 1. The first-order valence-electron chi connectivity index (χ1n) is 5.89. The van der Waals surface area contributed by atoms with E-state index in [2.05, 4.69) is 0 Å². The third-order valence-corrected chi connectivity index (χ3v) is 3.10. The minimum Gasteiger partial charge on any atom is -0.342 e. The van der Waals surface area contributed by atoms with E-state index in [-0.39, 0.29) is 17.9 Å². The van der Waals surface area contributed by atoms with E-state index in [0.29, 0.717) is 13.1 Å². The molecule has 17 heavy (non-hydrogen) atoms. The molecule has 92 valence electrons. The van der Waals surface area contributed by atoms with Gasteiger partial charge in [0.1, 0.15) is 11.6 Å². The van der Waals surface area contributed by atoms with Crippen molar-refractivity contribution in [1.29, 1.82) is 0 Å². The summed E-state index contributed by atoms with van der Waals surface area (Å²) in [5.74, 6) is -1.47. The molecule has 2 rings (SSSR count). The Hall–Kier alpha value is -1.45. The summed E-state index contributed by atoms with van der Waals surface area (Å²) in [4.78, 5) is 13.6. The molecule has 0 unspecified atom stereocenters. The fourth-order valence-electron chi connectivity index (χ4n) is 2.11. The third-order valence-electron chi connectivity index (χ3n) is 3.10. The second kappa shape index (κ2) is 5.25. The number of carbonyl (C=O) groups excluding carboxylic acids is 1. The van der Waals surface area contributed by atoms with Crippen LogP contribution in [0.4, 0.5) is 8.78 Å². The molecule has 0 atom stereocenters. The third kappa shape index (κ3) is 2.81. The van der Waals surface area contributed by atoms with E-state index in [1.807, 2.05) is 0 Å². The quantitative estimate of drug-likeness (QED) is 0.776. The van der Waals surface area contributed by atoms with Crippen molar-refractivity contribution in [3.63, 3.8) is 0 Å². The monoisotopic (exact) mass is 239 g/mol. The highest BCUT2D eigenvalue weighted by molar-refractivity contribution is 5.79. The lowest BCUT2D eigenvalue weighted by Crippen LogP contribution is -2.36. The summed E-state index contributed by atoms with van der Waals surface area (Å²) in [5, 5.41) is 0. The number of hydrogen-bond donors (Lipinski definition) is 0. The number of carbonyl (C=O) groups is 1. The zero-order valence-corrected chi connectivity index (χ0v) is 9.59. The fraction of sp³-hybridized carbons (Fsp3) is 0.462. The Labute approximate surface area is 99.2 Å². The van der Waals surface area contributed by atoms with Crippen molar-refractivity contribution in [3.05, 3.63) is 35.4 Å². The molecule has 4 heteroatoms. The maximum Gasteiger partial charge on any atom is 0.227 e. The molecule has 0 radical (unpaired) electrons. The van der Waals surface area contributed by atoms with Gasteiger partial charge in [0.15, 0.2) is 0 Å². The predicted octanol–water partition coefficient (Wildman–Crippen LogP) is 2.52. The van der Waals surface area contributed by atoms with Gasteiger partial charge in [-0.25, -0.2) is 8.78 Å². The Morgan fingerprint density at radius 2 is 1.71 bits per heavy atom. The highest BCUT2D eigenvalue weighted by Gasteiger charge is 2.19. The zero-order valence-electron chi connectivity index (χ0n) is 9.59. The summed E-state index contributed by atoms with van der Waals surface area (Å²) in [6.07, 6.45) is 2.90. The van der Waals surface area contributed by atoms with Crippen LogP contribution in [0.1, 0.15) is 24.8 Å². The topological polar surface area (TPSA) is 20.3 Å². The van der Waals surface area contributed by atoms with Crippen LogP contribution in [0.2, 0.25) is 0 Å². The first-order chi connectivity index (χ1) is 8.18. The molecule has 0 bridgehead atoms. The van der Waals surface area contributed by atoms with Crippen LogP contribution in [0, 0.1) is 11.6 Å². The molecule has 1 aromatic carbocycles. The number of amides is 1. The Bertz CT molecular complexity index is 394. The van der Waals surface area contributed by atoms with E-state index < -0.39 is 11.6 Å². The molecule has 2 nitrogen and oxygen atoms in total. The van der Waals surface area contributed by atoms with Crippen LogP contribution in [0.5, 0.6) is 0 Å². The summed E-state index contributed by atoms with van der Waals surface area (Å²) >= 11 is 0. The van der Waals surface area contributed by atoms with Gasteiger partial charge in [0.25, 0.3) is 0 Å². The number of likely N-dealkylation sites (tertiary alicyclic amines) is 1. The minimum atomic E-state index is -0.643. The summed E-state index contributed by atoms with van der Waals surface area (Å²) < 4.78 is 26.7. The summed E-state index contributed by atoms with van der Waals surface area (Å²) in [6, 6.07) is 3.67. The van der Waals surface area contributed by atoms with Crippen LogP contribution < -0.4 is 0 Å². The molecule has 1 amide bonds. The van der Waals surface area contributed by atoms with E-state index in [0.717, 1.165) is 19.3 Å². The van der Waals surface area contributed by atoms with Gasteiger partial charge >= 0.3 is 0 Å². The Morgan fingerprint density at radius 1 is 1.12 bits per heavy atom. The molecule has 0 saturated carbocycles. The average Bonchev–Trinajstić information content (AvgIpc) is 2.35. The molecule has 1 aromatic rings. The van der Waals surface area contributed by atoms with Crippen LogP contribution >= 0.6 is 0 Å². The van der Waals surface area contributed by atoms with Gasteiger partial charge in [0.05, 0.1) is 6.42 Å². The number of hydrogen-bond acceptors (Lipinski definition) is 1. The van der Waals surface area contributed by atoms with Gasteiger partial charge in [-0.3, -0.25) is 4.79 Å². The molecule has 1 aliphatic heterocycles. The molecule has 1 saturated heterocycles. The number of rotatable bonds is 2. The van der Waals surface area contributed by atoms with Gasteiger partial charge in [-0.05, 0) is 31.4 Å². The first-order valence-corrected chi connectivity index (χ1v) is 5.89. The number of nitrogens with zero attached hydrogens (tertiary/aromatic N) is 1. The standard InChI is InChI=1S/C13H15F2NO/c14-11-5-4-6-12(15)10(11)9-13(17)16-7-2-1-3-8-16/h4-6H,1-3,7-9H2. The molecule has 1 aliphatic rings. The predicted molar refractivity (Wildman–Crippen MR) is 60.5 cm³/mol. The van der Waals surface area contributed by atoms with Crippen LogP contribution in [0.3, 0.4) is 0 Å². The minimum absolute atomic E-state index is 0.122. The van der Waals surface area contributed by atoms with E-state index in [1.54, 1.807) is 4.90 Å². The SMILES string of the molecule is O=C(Cc1c(F)cccc1F)N1CCCCC1. The van der Waals surface area contributed by atoms with Crippen LogP contribution in [0.15, 0.2) is 18.2 Å². The maximum absolute atomic E-state index is 13.4. The highest BCUT2D eigenvalue weighted by Crippen LogP contribution is 2.16. The Balaban J connectivity index is 2.07. The maximum atomic E-state index is 13.4. The average molecular weight is 239 g/mol. The van der Waals surface area contributed by atoms with Crippen molar-refractivity contribution in [2.24, 2.45) is 0 Å². The van der Waals surface area contributed by atoms with E-state index in [9.17, 15) is 13.6 Å². The van der Waals surface area contributed by atoms with Gasteiger partial charge in [0.2, 0.25) is 5.91 Å². The molecule has 1 fully saturated rings. The molecule has 0 spiro atoms. The number of halogens is 2. The Morgan fingerprint density at radius 3 is 2.29 bits per heavy atom. The second-order valence-electron chi connectivity index (χ2n) is 4.32. The fourth-order valence-corrected chi connectivity index (χ4v) is 2.11. The second-order valence-corrected chi connectivity index (χ2v) is 4.32. The van der Waals surface area contributed by atoms with Crippen LogP contribution in [0.25, 0.3) is 0 Å². The normalized spacial score (nSPS) is 16.0. The van der Waals surface area contributed by atoms with Gasteiger partial charge in [0, 0.05) is 18.7 Å². The van der Waals surface area contributed by atoms with E-state index >= 15 is 0 Å². The summed E-state index contributed by atoms with van der Waals surface area (Å²) in [6.45, 7) is 1.41. The van der Waals surface area contributed by atoms with E-state index in [4.69, 9.17) is 0 Å². The van der Waals surface area contributed by atoms with Gasteiger partial charge in [-0.15, -0.1) is 0 Å². The zero-order chi connectivity index (χ0) is 12.3. The van der Waals surface area contributed by atoms with Gasteiger partial charge < -0.3 is 4.90 Å². The lowest BCUT2D eigenvalue weighted by Gasteiger charge is -2.26. The molecule has 0 aromatic heterocycles.